The van der Waals surface area contributed by atoms with E-state index in [1.165, 1.54) is 22.5 Å². The molecule has 1 saturated heterocycles. The van der Waals surface area contributed by atoms with Gasteiger partial charge in [0.05, 0.1) is 16.6 Å². The van der Waals surface area contributed by atoms with Gasteiger partial charge in [0, 0.05) is 31.7 Å². The molecule has 1 heterocycles. The third kappa shape index (κ3) is 4.77. The zero-order chi connectivity index (χ0) is 23.5. The fourth-order valence-electron chi connectivity index (χ4n) is 3.87. The Hall–Kier alpha value is -3.33. The molecule has 2 atom stereocenters. The number of piperazine rings is 1. The van der Waals surface area contributed by atoms with Crippen LogP contribution in [-0.2, 0) is 21.2 Å². The molecule has 2 aromatic carbocycles. The molecular weight excluding hydrogens is 436 g/mol. The maximum absolute atomic E-state index is 13.1. The van der Waals surface area contributed by atoms with Gasteiger partial charge in [0.1, 0.15) is 6.04 Å². The van der Waals surface area contributed by atoms with Gasteiger partial charge in [-0.25, -0.2) is 8.42 Å². The summed E-state index contributed by atoms with van der Waals surface area (Å²) >= 11 is 0. The van der Waals surface area contributed by atoms with E-state index in [-0.39, 0.29) is 31.0 Å². The Morgan fingerprint density at radius 2 is 1.91 bits per heavy atom. The number of benzene rings is 2. The summed E-state index contributed by atoms with van der Waals surface area (Å²) in [5, 5.41) is 30.0. The Labute approximate surface area is 185 Å². The van der Waals surface area contributed by atoms with E-state index in [9.17, 15) is 28.4 Å². The predicted octanol–water partition coefficient (Wildman–Crippen LogP) is 1.86. The molecule has 0 amide bonds. The number of sulfonamides is 1. The number of rotatable bonds is 7. The molecule has 168 valence electrons. The van der Waals surface area contributed by atoms with E-state index >= 15 is 0 Å². The molecule has 0 aliphatic carbocycles. The Kier molecular flexibility index (Phi) is 6.88. The lowest BCUT2D eigenvalue weighted by Crippen LogP contribution is -2.58. The first-order valence-corrected chi connectivity index (χ1v) is 11.3. The van der Waals surface area contributed by atoms with Crippen LogP contribution in [0.3, 0.4) is 0 Å². The van der Waals surface area contributed by atoms with E-state index < -0.39 is 38.7 Å². The molecule has 1 aliphatic rings. The van der Waals surface area contributed by atoms with Crippen molar-refractivity contribution in [2.45, 2.75) is 30.3 Å². The number of nitriles is 1. The molecule has 0 aromatic heterocycles. The van der Waals surface area contributed by atoms with Crippen molar-refractivity contribution in [3.05, 3.63) is 69.8 Å². The monoisotopic (exact) mass is 458 g/mol. The Morgan fingerprint density at radius 3 is 2.47 bits per heavy atom. The van der Waals surface area contributed by atoms with E-state index in [4.69, 9.17) is 5.26 Å². The average Bonchev–Trinajstić information content (AvgIpc) is 2.77. The highest BCUT2D eigenvalue weighted by molar-refractivity contribution is 7.89. The Balaban J connectivity index is 1.79. The summed E-state index contributed by atoms with van der Waals surface area (Å²) in [4.78, 5) is 23.8. The lowest BCUT2D eigenvalue weighted by atomic mass is 10.0. The molecule has 1 unspecified atom stereocenters. The van der Waals surface area contributed by atoms with Gasteiger partial charge in [-0.1, -0.05) is 24.3 Å². The van der Waals surface area contributed by atoms with Gasteiger partial charge in [-0.15, -0.1) is 0 Å². The van der Waals surface area contributed by atoms with Crippen LogP contribution in [0.1, 0.15) is 18.1 Å². The Bertz CT molecular complexity index is 1160. The summed E-state index contributed by atoms with van der Waals surface area (Å²) in [5.74, 6) is -1.03. The predicted molar refractivity (Wildman–Crippen MR) is 114 cm³/mol. The van der Waals surface area contributed by atoms with Gasteiger partial charge in [0.15, 0.2) is 4.90 Å². The molecule has 32 heavy (non-hydrogen) atoms. The highest BCUT2D eigenvalue weighted by atomic mass is 32.2. The number of nitro groups is 1. The molecule has 2 aromatic rings. The average molecular weight is 458 g/mol. The minimum atomic E-state index is -4.14. The van der Waals surface area contributed by atoms with Crippen molar-refractivity contribution in [2.75, 3.05) is 19.6 Å². The first-order valence-electron chi connectivity index (χ1n) is 9.86. The van der Waals surface area contributed by atoms with Crippen LogP contribution < -0.4 is 0 Å². The molecule has 0 spiro atoms. The number of carboxylic acids is 1. The SMILES string of the molecule is C[C@H]1CN(C(Cc2ccc(C#N)cc2)C(=O)O)CCN1S(=O)(=O)c1ccccc1[N+](=O)[O-]. The van der Waals surface area contributed by atoms with E-state index in [1.807, 2.05) is 6.07 Å². The first-order chi connectivity index (χ1) is 15.1. The van der Waals surface area contributed by atoms with E-state index in [1.54, 1.807) is 36.1 Å². The summed E-state index contributed by atoms with van der Waals surface area (Å²) in [5.41, 5.74) is 0.730. The van der Waals surface area contributed by atoms with Crippen LogP contribution in [0.2, 0.25) is 0 Å². The third-order valence-electron chi connectivity index (χ3n) is 5.48. The number of aliphatic carboxylic acids is 1. The minimum absolute atomic E-state index is 0.00665. The third-order valence-corrected chi connectivity index (χ3v) is 7.55. The second-order valence-electron chi connectivity index (χ2n) is 7.55. The fraction of sp³-hybridized carbons (Fsp3) is 0.333. The van der Waals surface area contributed by atoms with Crippen LogP contribution in [0.15, 0.2) is 53.4 Å². The highest BCUT2D eigenvalue weighted by Gasteiger charge is 2.39. The van der Waals surface area contributed by atoms with Gasteiger partial charge in [-0.2, -0.15) is 9.57 Å². The fourth-order valence-corrected chi connectivity index (χ4v) is 5.65. The van der Waals surface area contributed by atoms with Crippen molar-refractivity contribution in [3.8, 4) is 6.07 Å². The van der Waals surface area contributed by atoms with Gasteiger partial charge >= 0.3 is 5.97 Å². The van der Waals surface area contributed by atoms with Crippen LogP contribution in [0.25, 0.3) is 0 Å². The van der Waals surface area contributed by atoms with Crippen LogP contribution in [0, 0.1) is 21.4 Å². The molecule has 0 bridgehead atoms. The zero-order valence-electron chi connectivity index (χ0n) is 17.3. The zero-order valence-corrected chi connectivity index (χ0v) is 18.1. The molecular formula is C21H22N4O6S. The number of nitro benzene ring substituents is 1. The van der Waals surface area contributed by atoms with Gasteiger partial charge < -0.3 is 5.11 Å². The van der Waals surface area contributed by atoms with Gasteiger partial charge in [-0.05, 0) is 37.1 Å². The minimum Gasteiger partial charge on any atom is -0.480 e. The maximum Gasteiger partial charge on any atom is 0.321 e. The molecule has 1 N–H and O–H groups in total. The number of carboxylic acid groups (broad SMARTS) is 1. The molecule has 1 fully saturated rings. The molecule has 10 nitrogen and oxygen atoms in total. The van der Waals surface area contributed by atoms with Gasteiger partial charge in [0.2, 0.25) is 10.0 Å². The van der Waals surface area contributed by atoms with Crippen molar-refractivity contribution in [1.82, 2.24) is 9.21 Å². The number of hydrogen-bond acceptors (Lipinski definition) is 7. The largest absolute Gasteiger partial charge is 0.480 e. The number of hydrogen-bond donors (Lipinski definition) is 1. The summed E-state index contributed by atoms with van der Waals surface area (Å²) < 4.78 is 27.5. The van der Waals surface area contributed by atoms with Crippen LogP contribution in [0.5, 0.6) is 0 Å². The first kappa shape index (κ1) is 23.3. The van der Waals surface area contributed by atoms with Crippen LogP contribution in [0.4, 0.5) is 5.69 Å². The van der Waals surface area contributed by atoms with Crippen molar-refractivity contribution >= 4 is 21.7 Å². The topological polar surface area (TPSA) is 145 Å². The summed E-state index contributed by atoms with van der Waals surface area (Å²) in [6, 6.07) is 12.4. The normalized spacial score (nSPS) is 18.6. The smallest absolute Gasteiger partial charge is 0.321 e. The number of carbonyl (C=O) groups is 1. The van der Waals surface area contributed by atoms with Crippen LogP contribution >= 0.6 is 0 Å². The molecule has 3 rings (SSSR count). The lowest BCUT2D eigenvalue weighted by Gasteiger charge is -2.41. The van der Waals surface area contributed by atoms with Crippen molar-refractivity contribution in [2.24, 2.45) is 0 Å². The van der Waals surface area contributed by atoms with Crippen molar-refractivity contribution in [3.63, 3.8) is 0 Å². The quantitative estimate of drug-likeness (QED) is 0.489. The summed E-state index contributed by atoms with van der Waals surface area (Å²) in [6.07, 6.45) is 0.199. The number of para-hydroxylation sites is 1. The van der Waals surface area contributed by atoms with Gasteiger partial charge in [0.25, 0.3) is 5.69 Å². The van der Waals surface area contributed by atoms with E-state index in [0.717, 1.165) is 11.6 Å². The van der Waals surface area contributed by atoms with E-state index in [0.29, 0.717) is 5.56 Å². The highest BCUT2D eigenvalue weighted by Crippen LogP contribution is 2.29. The molecule has 0 radical (unpaired) electrons. The second kappa shape index (κ2) is 9.44. The number of nitrogens with zero attached hydrogens (tertiary/aromatic N) is 4. The second-order valence-corrected chi connectivity index (χ2v) is 9.41. The van der Waals surface area contributed by atoms with E-state index in [2.05, 4.69) is 0 Å². The van der Waals surface area contributed by atoms with Crippen LogP contribution in [-0.4, -0.2) is 65.3 Å². The molecule has 0 saturated carbocycles. The molecule has 11 heteroatoms. The molecule has 1 aliphatic heterocycles. The standard InChI is InChI=1S/C21H22N4O6S/c1-15-14-23(19(21(26)27)12-16-6-8-17(13-22)9-7-16)10-11-24(15)32(30,31)20-5-3-2-4-18(20)25(28)29/h2-9,15,19H,10-12,14H2,1H3,(H,26,27)/t15-,19?/m0/s1. The summed E-state index contributed by atoms with van der Waals surface area (Å²) in [7, 11) is -4.14. The van der Waals surface area contributed by atoms with Crippen molar-refractivity contribution < 1.29 is 23.2 Å². The maximum atomic E-state index is 13.1. The lowest BCUT2D eigenvalue weighted by molar-refractivity contribution is -0.387. The van der Waals surface area contributed by atoms with Crippen molar-refractivity contribution in [1.29, 1.82) is 5.26 Å². The van der Waals surface area contributed by atoms with Gasteiger partial charge in [-0.3, -0.25) is 19.8 Å². The Morgan fingerprint density at radius 1 is 1.25 bits per heavy atom. The summed E-state index contributed by atoms with van der Waals surface area (Å²) in [6.45, 7) is 1.98.